The van der Waals surface area contributed by atoms with E-state index < -0.39 is 0 Å². The first kappa shape index (κ1) is 16.9. The number of carbonyl (C=O) groups is 1. The Kier molecular flexibility index (Phi) is 5.23. The third-order valence-electron chi connectivity index (χ3n) is 3.77. The normalized spacial score (nSPS) is 10.8. The molecule has 3 rings (SSSR count). The molecule has 0 saturated carbocycles. The molecule has 0 radical (unpaired) electrons. The van der Waals surface area contributed by atoms with Crippen molar-refractivity contribution in [3.8, 4) is 5.75 Å². The third-order valence-corrected chi connectivity index (χ3v) is 3.77. The van der Waals surface area contributed by atoms with Crippen LogP contribution in [0.15, 0.2) is 36.4 Å². The Morgan fingerprint density at radius 3 is 2.80 bits per heavy atom. The number of nitrogens with one attached hydrogen (secondary N) is 1. The summed E-state index contributed by atoms with van der Waals surface area (Å²) in [5.41, 5.74) is 1.98. The average molecular weight is 339 g/mol. The molecule has 3 aromatic rings. The molecule has 1 amide bonds. The molecule has 1 aromatic carbocycles. The highest BCUT2D eigenvalue weighted by Crippen LogP contribution is 2.09. The molecule has 25 heavy (non-hydrogen) atoms. The monoisotopic (exact) mass is 339 g/mol. The molecule has 2 aromatic heterocycles. The van der Waals surface area contributed by atoms with E-state index in [4.69, 9.17) is 4.74 Å². The van der Waals surface area contributed by atoms with E-state index in [0.29, 0.717) is 24.5 Å². The molecular weight excluding hydrogens is 318 g/mol. The zero-order valence-electron chi connectivity index (χ0n) is 14.4. The molecule has 0 unspecified atom stereocenters. The van der Waals surface area contributed by atoms with Crippen molar-refractivity contribution < 1.29 is 9.53 Å². The first-order chi connectivity index (χ1) is 12.1. The summed E-state index contributed by atoms with van der Waals surface area (Å²) in [7, 11) is 0. The van der Waals surface area contributed by atoms with Crippen LogP contribution < -0.4 is 10.1 Å². The van der Waals surface area contributed by atoms with Crippen molar-refractivity contribution in [3.63, 3.8) is 0 Å². The summed E-state index contributed by atoms with van der Waals surface area (Å²) in [5.74, 6) is 2.02. The van der Waals surface area contributed by atoms with Crippen LogP contribution in [0.4, 0.5) is 0 Å². The molecule has 0 spiro atoms. The van der Waals surface area contributed by atoms with Gasteiger partial charge in [-0.15, -0.1) is 10.2 Å². The van der Waals surface area contributed by atoms with E-state index in [1.165, 1.54) is 0 Å². The minimum atomic E-state index is -0.136. The highest BCUT2D eigenvalue weighted by Gasteiger charge is 2.09. The third kappa shape index (κ3) is 4.32. The minimum absolute atomic E-state index is 0.0141. The molecule has 0 atom stereocenters. The lowest BCUT2D eigenvalue weighted by atomic mass is 10.3. The molecule has 2 heterocycles. The number of para-hydroxylation sites is 1. The molecule has 7 heteroatoms. The van der Waals surface area contributed by atoms with Crippen molar-refractivity contribution in [2.75, 3.05) is 13.2 Å². The van der Waals surface area contributed by atoms with Crippen LogP contribution in [-0.2, 0) is 11.2 Å². The summed E-state index contributed by atoms with van der Waals surface area (Å²) in [6, 6.07) is 11.3. The summed E-state index contributed by atoms with van der Waals surface area (Å²) in [5, 5.41) is 11.2. The van der Waals surface area contributed by atoms with E-state index in [2.05, 4.69) is 20.5 Å². The van der Waals surface area contributed by atoms with Crippen molar-refractivity contribution in [3.05, 3.63) is 53.6 Å². The maximum absolute atomic E-state index is 11.8. The lowest BCUT2D eigenvalue weighted by Gasteiger charge is -2.07. The van der Waals surface area contributed by atoms with Gasteiger partial charge in [-0.1, -0.05) is 18.2 Å². The average Bonchev–Trinajstić information content (AvgIpc) is 3.01. The summed E-state index contributed by atoms with van der Waals surface area (Å²) in [6.07, 6.45) is 1.48. The number of hydrogen-bond donors (Lipinski definition) is 1. The number of hydrogen-bond acceptors (Lipinski definition) is 5. The molecule has 0 aliphatic heterocycles. The van der Waals surface area contributed by atoms with Gasteiger partial charge in [-0.2, -0.15) is 0 Å². The van der Waals surface area contributed by atoms with E-state index in [9.17, 15) is 4.79 Å². The first-order valence-electron chi connectivity index (χ1n) is 8.26. The molecule has 0 aliphatic carbocycles. The number of nitrogens with zero attached hydrogens (tertiary/aromatic N) is 4. The van der Waals surface area contributed by atoms with Gasteiger partial charge in [0.2, 0.25) is 0 Å². The van der Waals surface area contributed by atoms with Crippen LogP contribution >= 0.6 is 0 Å². The van der Waals surface area contributed by atoms with Crippen molar-refractivity contribution in [1.82, 2.24) is 24.9 Å². The molecule has 0 bridgehead atoms. The molecule has 130 valence electrons. The fourth-order valence-electron chi connectivity index (χ4n) is 2.65. The van der Waals surface area contributed by atoms with Gasteiger partial charge in [0.25, 0.3) is 11.7 Å². The van der Waals surface area contributed by atoms with E-state index >= 15 is 0 Å². The van der Waals surface area contributed by atoms with Crippen LogP contribution in [0.2, 0.25) is 0 Å². The highest BCUT2D eigenvalue weighted by atomic mass is 16.5. The summed E-state index contributed by atoms with van der Waals surface area (Å²) in [4.78, 5) is 16.2. The van der Waals surface area contributed by atoms with Gasteiger partial charge in [-0.25, -0.2) is 4.98 Å². The fourth-order valence-corrected chi connectivity index (χ4v) is 2.65. The standard InChI is InChI=1S/C18H21N5O2/c1-13-11-14(2)23-16(21-22-18(23)20-13)9-6-10-19-17(24)12-25-15-7-4-3-5-8-15/h3-5,7-8,11H,6,9-10,12H2,1-2H3,(H,19,24). The van der Waals surface area contributed by atoms with Crippen LogP contribution in [0.25, 0.3) is 5.78 Å². The van der Waals surface area contributed by atoms with Gasteiger partial charge in [0.15, 0.2) is 6.61 Å². The van der Waals surface area contributed by atoms with E-state index in [-0.39, 0.29) is 12.5 Å². The number of fused-ring (bicyclic) bond motifs is 1. The highest BCUT2D eigenvalue weighted by molar-refractivity contribution is 5.77. The van der Waals surface area contributed by atoms with Crippen LogP contribution in [0, 0.1) is 13.8 Å². The Morgan fingerprint density at radius 2 is 2.00 bits per heavy atom. The van der Waals surface area contributed by atoms with Crippen molar-refractivity contribution in [2.45, 2.75) is 26.7 Å². The quantitative estimate of drug-likeness (QED) is 0.665. The topological polar surface area (TPSA) is 81.4 Å². The maximum Gasteiger partial charge on any atom is 0.257 e. The van der Waals surface area contributed by atoms with Crippen LogP contribution in [0.3, 0.4) is 0 Å². The van der Waals surface area contributed by atoms with E-state index in [1.54, 1.807) is 0 Å². The number of amides is 1. The molecular formula is C18H21N5O2. The van der Waals surface area contributed by atoms with E-state index in [1.807, 2.05) is 54.6 Å². The van der Waals surface area contributed by atoms with E-state index in [0.717, 1.165) is 23.6 Å². The van der Waals surface area contributed by atoms with Crippen molar-refractivity contribution >= 4 is 11.7 Å². The van der Waals surface area contributed by atoms with Gasteiger partial charge in [-0.05, 0) is 38.5 Å². The summed E-state index contributed by atoms with van der Waals surface area (Å²) in [6.45, 7) is 4.52. The predicted octanol–water partition coefficient (Wildman–Crippen LogP) is 1.87. The summed E-state index contributed by atoms with van der Waals surface area (Å²) >= 11 is 0. The predicted molar refractivity (Wildman–Crippen MR) is 93.5 cm³/mol. The molecule has 1 N–H and O–H groups in total. The Morgan fingerprint density at radius 1 is 1.20 bits per heavy atom. The van der Waals surface area contributed by atoms with Gasteiger partial charge < -0.3 is 10.1 Å². The summed E-state index contributed by atoms with van der Waals surface area (Å²) < 4.78 is 7.36. The lowest BCUT2D eigenvalue weighted by Crippen LogP contribution is -2.30. The molecule has 0 aliphatic rings. The van der Waals surface area contributed by atoms with Crippen molar-refractivity contribution in [2.24, 2.45) is 0 Å². The Balaban J connectivity index is 1.45. The molecule has 0 saturated heterocycles. The van der Waals surface area contributed by atoms with Gasteiger partial charge in [0, 0.05) is 24.4 Å². The second-order valence-electron chi connectivity index (χ2n) is 5.85. The largest absolute Gasteiger partial charge is 0.484 e. The minimum Gasteiger partial charge on any atom is -0.484 e. The lowest BCUT2D eigenvalue weighted by molar-refractivity contribution is -0.123. The first-order valence-corrected chi connectivity index (χ1v) is 8.26. The van der Waals surface area contributed by atoms with Gasteiger partial charge in [0.05, 0.1) is 0 Å². The smallest absolute Gasteiger partial charge is 0.257 e. The Hall–Kier alpha value is -2.96. The number of ether oxygens (including phenoxy) is 1. The fraction of sp³-hybridized carbons (Fsp3) is 0.333. The van der Waals surface area contributed by atoms with Crippen LogP contribution in [0.5, 0.6) is 5.75 Å². The zero-order chi connectivity index (χ0) is 17.6. The van der Waals surface area contributed by atoms with Gasteiger partial charge in [-0.3, -0.25) is 9.20 Å². The number of aromatic nitrogens is 4. The molecule has 0 fully saturated rings. The Labute approximate surface area is 146 Å². The molecule has 7 nitrogen and oxygen atoms in total. The van der Waals surface area contributed by atoms with Crippen LogP contribution in [0.1, 0.15) is 23.6 Å². The number of rotatable bonds is 7. The zero-order valence-corrected chi connectivity index (χ0v) is 14.4. The van der Waals surface area contributed by atoms with Crippen LogP contribution in [-0.4, -0.2) is 38.6 Å². The second-order valence-corrected chi connectivity index (χ2v) is 5.85. The number of carbonyl (C=O) groups excluding carboxylic acids is 1. The SMILES string of the molecule is Cc1cc(C)n2c(CCCNC(=O)COc3ccccc3)nnc2n1. The second kappa shape index (κ2) is 7.74. The number of aryl methyl sites for hydroxylation is 3. The Bertz CT molecular complexity index is 861. The van der Waals surface area contributed by atoms with Gasteiger partial charge >= 0.3 is 0 Å². The van der Waals surface area contributed by atoms with Gasteiger partial charge in [0.1, 0.15) is 11.6 Å². The van der Waals surface area contributed by atoms with Crippen molar-refractivity contribution in [1.29, 1.82) is 0 Å². The maximum atomic E-state index is 11.8. The number of benzene rings is 1.